The Morgan fingerprint density at radius 2 is 1.83 bits per heavy atom. The van der Waals surface area contributed by atoms with Gasteiger partial charge in [0.25, 0.3) is 0 Å². The molecule has 0 bridgehead atoms. The summed E-state index contributed by atoms with van der Waals surface area (Å²) in [5.41, 5.74) is 1.74. The first-order valence-corrected chi connectivity index (χ1v) is 6.61. The largest absolute Gasteiger partial charge is 0.496 e. The first kappa shape index (κ1) is 13.4. The van der Waals surface area contributed by atoms with Crippen LogP contribution in [0, 0.1) is 0 Å². The summed E-state index contributed by atoms with van der Waals surface area (Å²) < 4.78 is 5.44. The summed E-state index contributed by atoms with van der Waals surface area (Å²) >= 11 is 0. The monoisotopic (exact) mass is 248 g/mol. The molecule has 0 amide bonds. The molecule has 1 aliphatic rings. The summed E-state index contributed by atoms with van der Waals surface area (Å²) in [7, 11) is 0.252. The van der Waals surface area contributed by atoms with Gasteiger partial charge in [0.2, 0.25) is 0 Å². The van der Waals surface area contributed by atoms with Gasteiger partial charge in [-0.2, -0.15) is 0 Å². The molecule has 0 heterocycles. The maximum absolute atomic E-state index is 9.31. The van der Waals surface area contributed by atoms with Crippen molar-refractivity contribution >= 4 is 12.6 Å². The zero-order valence-electron chi connectivity index (χ0n) is 11.1. The molecule has 1 aromatic carbocycles. The number of hydrogen-bond acceptors (Lipinski definition) is 3. The Morgan fingerprint density at radius 3 is 2.39 bits per heavy atom. The van der Waals surface area contributed by atoms with E-state index in [4.69, 9.17) is 4.74 Å². The Morgan fingerprint density at radius 1 is 1.17 bits per heavy atom. The zero-order valence-corrected chi connectivity index (χ0v) is 11.1. The smallest absolute Gasteiger partial charge is 0.488 e. The molecular formula is C14H21BO3. The van der Waals surface area contributed by atoms with Crippen molar-refractivity contribution in [1.82, 2.24) is 0 Å². The molecular weight excluding hydrogens is 227 g/mol. The molecule has 0 saturated heterocycles. The van der Waals surface area contributed by atoms with Gasteiger partial charge < -0.3 is 14.8 Å². The van der Waals surface area contributed by atoms with E-state index in [2.05, 4.69) is 6.92 Å². The summed E-state index contributed by atoms with van der Waals surface area (Å²) in [6.07, 6.45) is 6.01. The third-order valence-electron chi connectivity index (χ3n) is 4.13. The molecule has 2 rings (SSSR count). The van der Waals surface area contributed by atoms with Gasteiger partial charge in [-0.1, -0.05) is 38.3 Å². The first-order chi connectivity index (χ1) is 8.57. The molecule has 2 N–H and O–H groups in total. The van der Waals surface area contributed by atoms with Gasteiger partial charge >= 0.3 is 7.12 Å². The van der Waals surface area contributed by atoms with Gasteiger partial charge in [0.05, 0.1) is 7.11 Å². The Hall–Kier alpha value is -0.995. The van der Waals surface area contributed by atoms with Gasteiger partial charge in [-0.25, -0.2) is 0 Å². The predicted octanol–water partition coefficient (Wildman–Crippen LogP) is 1.60. The normalized spacial score (nSPS) is 18.4. The summed E-state index contributed by atoms with van der Waals surface area (Å²) in [6.45, 7) is 2.25. The first-order valence-electron chi connectivity index (χ1n) is 6.61. The Balaban J connectivity index is 2.42. The van der Waals surface area contributed by atoms with Gasteiger partial charge in [-0.05, 0) is 35.3 Å². The lowest BCUT2D eigenvalue weighted by atomic mass is 9.68. The number of ether oxygens (including phenoxy) is 1. The van der Waals surface area contributed by atoms with E-state index in [1.807, 2.05) is 12.1 Å². The topological polar surface area (TPSA) is 49.7 Å². The van der Waals surface area contributed by atoms with Crippen molar-refractivity contribution in [2.45, 2.75) is 44.4 Å². The van der Waals surface area contributed by atoms with E-state index in [9.17, 15) is 10.0 Å². The highest BCUT2D eigenvalue weighted by molar-refractivity contribution is 6.58. The highest BCUT2D eigenvalue weighted by Crippen LogP contribution is 2.42. The second-order valence-corrected chi connectivity index (χ2v) is 5.45. The minimum absolute atomic E-state index is 0.0918. The molecule has 1 saturated carbocycles. The van der Waals surface area contributed by atoms with Crippen molar-refractivity contribution in [3.63, 3.8) is 0 Å². The van der Waals surface area contributed by atoms with Crippen LogP contribution < -0.4 is 10.2 Å². The van der Waals surface area contributed by atoms with E-state index >= 15 is 0 Å². The highest BCUT2D eigenvalue weighted by atomic mass is 16.5. The van der Waals surface area contributed by atoms with Gasteiger partial charge in [-0.15, -0.1) is 0 Å². The fourth-order valence-corrected chi connectivity index (χ4v) is 2.96. The molecule has 0 unspecified atom stereocenters. The van der Waals surface area contributed by atoms with Gasteiger partial charge in [0.15, 0.2) is 0 Å². The third kappa shape index (κ3) is 2.55. The van der Waals surface area contributed by atoms with Crippen molar-refractivity contribution in [1.29, 1.82) is 0 Å². The second-order valence-electron chi connectivity index (χ2n) is 5.45. The molecule has 0 aliphatic heterocycles. The van der Waals surface area contributed by atoms with E-state index < -0.39 is 7.12 Å². The summed E-state index contributed by atoms with van der Waals surface area (Å²) in [6, 6.07) is 5.43. The quantitative estimate of drug-likeness (QED) is 0.799. The average Bonchev–Trinajstić information content (AvgIpc) is 2.38. The highest BCUT2D eigenvalue weighted by Gasteiger charge is 2.32. The molecule has 0 aromatic heterocycles. The van der Waals surface area contributed by atoms with E-state index in [0.717, 1.165) is 24.2 Å². The lowest BCUT2D eigenvalue weighted by Gasteiger charge is -2.35. The van der Waals surface area contributed by atoms with Gasteiger partial charge in [-0.3, -0.25) is 0 Å². The van der Waals surface area contributed by atoms with Crippen LogP contribution in [0.1, 0.15) is 44.6 Å². The SMILES string of the molecule is COc1ccc(B(O)O)cc1C1(C)CCCCC1. The molecule has 4 heteroatoms. The van der Waals surface area contributed by atoms with Gasteiger partial charge in [0.1, 0.15) is 5.75 Å². The maximum Gasteiger partial charge on any atom is 0.488 e. The molecule has 1 aliphatic carbocycles. The molecule has 3 nitrogen and oxygen atoms in total. The predicted molar refractivity (Wildman–Crippen MR) is 73.3 cm³/mol. The molecule has 0 atom stereocenters. The van der Waals surface area contributed by atoms with Crippen LogP contribution >= 0.6 is 0 Å². The van der Waals surface area contributed by atoms with Crippen LogP contribution in [0.5, 0.6) is 5.75 Å². The fourth-order valence-electron chi connectivity index (χ4n) is 2.96. The van der Waals surface area contributed by atoms with Crippen LogP contribution in [-0.4, -0.2) is 24.3 Å². The molecule has 1 aromatic rings. The third-order valence-corrected chi connectivity index (χ3v) is 4.13. The number of rotatable bonds is 3. The van der Waals surface area contributed by atoms with Crippen LogP contribution in [0.25, 0.3) is 0 Å². The minimum atomic E-state index is -1.41. The van der Waals surface area contributed by atoms with Crippen LogP contribution in [0.2, 0.25) is 0 Å². The zero-order chi connectivity index (χ0) is 13.2. The van der Waals surface area contributed by atoms with Gasteiger partial charge in [0, 0.05) is 0 Å². The summed E-state index contributed by atoms with van der Waals surface area (Å²) in [5.74, 6) is 0.851. The lowest BCUT2D eigenvalue weighted by Crippen LogP contribution is -2.33. The van der Waals surface area contributed by atoms with Crippen molar-refractivity contribution < 1.29 is 14.8 Å². The standard InChI is InChI=1S/C14H21BO3/c1-14(8-4-3-5-9-14)12-10-11(15(16)17)6-7-13(12)18-2/h6-7,10,16-17H,3-5,8-9H2,1-2H3. The molecule has 0 radical (unpaired) electrons. The van der Waals surface area contributed by atoms with Crippen LogP contribution in [0.4, 0.5) is 0 Å². The Bertz CT molecular complexity index is 412. The van der Waals surface area contributed by atoms with E-state index in [1.165, 1.54) is 19.3 Å². The second kappa shape index (κ2) is 5.33. The summed E-state index contributed by atoms with van der Waals surface area (Å²) in [4.78, 5) is 0. The van der Waals surface area contributed by atoms with Crippen molar-refractivity contribution in [2.75, 3.05) is 7.11 Å². The number of benzene rings is 1. The molecule has 98 valence electrons. The van der Waals surface area contributed by atoms with Crippen LogP contribution in [0.15, 0.2) is 18.2 Å². The lowest BCUT2D eigenvalue weighted by molar-refractivity contribution is 0.304. The van der Waals surface area contributed by atoms with E-state index in [0.29, 0.717) is 5.46 Å². The van der Waals surface area contributed by atoms with Crippen LogP contribution in [-0.2, 0) is 5.41 Å². The van der Waals surface area contributed by atoms with Crippen molar-refractivity contribution in [2.24, 2.45) is 0 Å². The molecule has 0 spiro atoms. The van der Waals surface area contributed by atoms with Crippen molar-refractivity contribution in [3.8, 4) is 5.75 Å². The summed E-state index contributed by atoms with van der Waals surface area (Å²) in [5, 5.41) is 18.6. The maximum atomic E-state index is 9.31. The Kier molecular flexibility index (Phi) is 3.98. The molecule has 18 heavy (non-hydrogen) atoms. The van der Waals surface area contributed by atoms with Crippen LogP contribution in [0.3, 0.4) is 0 Å². The van der Waals surface area contributed by atoms with E-state index in [1.54, 1.807) is 13.2 Å². The molecule has 1 fully saturated rings. The Labute approximate surface area is 109 Å². The fraction of sp³-hybridized carbons (Fsp3) is 0.571. The number of methoxy groups -OCH3 is 1. The van der Waals surface area contributed by atoms with E-state index in [-0.39, 0.29) is 5.41 Å². The average molecular weight is 248 g/mol. The van der Waals surface area contributed by atoms with Crippen molar-refractivity contribution in [3.05, 3.63) is 23.8 Å². The minimum Gasteiger partial charge on any atom is -0.496 e. The number of hydrogen-bond donors (Lipinski definition) is 2.